The summed E-state index contributed by atoms with van der Waals surface area (Å²) in [5.41, 5.74) is 2.87. The second-order valence-corrected chi connectivity index (χ2v) is 8.32. The number of aliphatic hydroxyl groups is 4. The highest BCUT2D eigenvalue weighted by atomic mass is 19.1. The van der Waals surface area contributed by atoms with Crippen LogP contribution in [0.5, 0.6) is 0 Å². The number of aliphatic hydroxyl groups excluding tert-OH is 2. The molecule has 0 saturated carbocycles. The van der Waals surface area contributed by atoms with E-state index in [1.165, 1.54) is 18.2 Å². The quantitative estimate of drug-likeness (QED) is 0.203. The first kappa shape index (κ1) is 24.9. The fourth-order valence-corrected chi connectivity index (χ4v) is 4.24. The van der Waals surface area contributed by atoms with Crippen molar-refractivity contribution in [2.24, 2.45) is 0 Å². The molecule has 1 aliphatic rings. The molecule has 11 nitrogen and oxygen atoms in total. The van der Waals surface area contributed by atoms with E-state index in [0.29, 0.717) is 10.1 Å². The summed E-state index contributed by atoms with van der Waals surface area (Å²) >= 11 is 0. The third-order valence-electron chi connectivity index (χ3n) is 6.03. The number of benzene rings is 2. The Balaban J connectivity index is 1.89. The monoisotopic (exact) mass is 488 g/mol. The van der Waals surface area contributed by atoms with Crippen LogP contribution in [0.3, 0.4) is 0 Å². The number of hydrogen-bond donors (Lipinski definition) is 6. The number of aryl methyl sites for hydroxylation is 1. The number of anilines is 1. The first-order valence-corrected chi connectivity index (χ1v) is 10.6. The van der Waals surface area contributed by atoms with Gasteiger partial charge in [-0.05, 0) is 18.6 Å². The Morgan fingerprint density at radius 3 is 2.57 bits per heavy atom. The van der Waals surface area contributed by atoms with E-state index >= 15 is 0 Å². The van der Waals surface area contributed by atoms with Crippen molar-refractivity contribution in [1.82, 2.24) is 14.6 Å². The Labute approximate surface area is 198 Å². The number of rotatable bonds is 6. The van der Waals surface area contributed by atoms with E-state index in [0.717, 1.165) is 17.8 Å². The van der Waals surface area contributed by atoms with Gasteiger partial charge in [-0.2, -0.15) is 0 Å². The van der Waals surface area contributed by atoms with E-state index in [-0.39, 0.29) is 16.2 Å². The first-order chi connectivity index (χ1) is 16.5. The summed E-state index contributed by atoms with van der Waals surface area (Å²) in [6.07, 6.45) is -2.80. The highest BCUT2D eigenvalue weighted by Gasteiger charge is 2.70. The number of nitrogen functional groups attached to an aromatic ring is 1. The Kier molecular flexibility index (Phi) is 6.46. The van der Waals surface area contributed by atoms with E-state index in [1.54, 1.807) is 31.2 Å². The van der Waals surface area contributed by atoms with E-state index in [4.69, 9.17) is 10.5 Å². The van der Waals surface area contributed by atoms with Gasteiger partial charge in [-0.1, -0.05) is 48.0 Å². The maximum absolute atomic E-state index is 14.5. The maximum atomic E-state index is 14.5. The van der Waals surface area contributed by atoms with Crippen molar-refractivity contribution in [1.29, 1.82) is 0 Å². The number of aromatic nitrogens is 2. The molecule has 1 fully saturated rings. The summed E-state index contributed by atoms with van der Waals surface area (Å²) in [5.74, 6) is -4.54. The van der Waals surface area contributed by atoms with Gasteiger partial charge in [-0.25, -0.2) is 18.7 Å². The van der Waals surface area contributed by atoms with Crippen LogP contribution >= 0.6 is 0 Å². The Morgan fingerprint density at radius 1 is 1.20 bits per heavy atom. The van der Waals surface area contributed by atoms with Crippen molar-refractivity contribution in [3.63, 3.8) is 0 Å². The highest BCUT2D eigenvalue weighted by Crippen LogP contribution is 2.45. The molecule has 186 valence electrons. The average Bonchev–Trinajstić information content (AvgIpc) is 3.02. The van der Waals surface area contributed by atoms with Gasteiger partial charge in [0, 0.05) is 17.3 Å². The van der Waals surface area contributed by atoms with Crippen LogP contribution < -0.4 is 11.4 Å². The zero-order chi connectivity index (χ0) is 25.5. The molecule has 12 heteroatoms. The molecule has 0 aliphatic carbocycles. The minimum Gasteiger partial charge on any atom is -0.394 e. The minimum absolute atomic E-state index is 0.0729. The molecule has 7 N–H and O–H groups in total. The second kappa shape index (κ2) is 9.09. The molecule has 0 bridgehead atoms. The molecule has 4 atom stereocenters. The van der Waals surface area contributed by atoms with Crippen LogP contribution in [0.1, 0.15) is 11.1 Å². The van der Waals surface area contributed by atoms with Crippen molar-refractivity contribution in [3.8, 4) is 11.1 Å². The van der Waals surface area contributed by atoms with Crippen molar-refractivity contribution < 1.29 is 34.8 Å². The number of hydroxylamine groups is 2. The molecular weight excluding hydrogens is 463 g/mol. The van der Waals surface area contributed by atoms with Gasteiger partial charge >= 0.3 is 11.6 Å². The number of nitrogens with zero attached hydrogens (tertiary/aromatic N) is 3. The normalized spacial score (nSPS) is 26.4. The maximum Gasteiger partial charge on any atom is 0.353 e. The van der Waals surface area contributed by atoms with Gasteiger partial charge in [0.1, 0.15) is 23.8 Å². The molecule has 0 radical (unpaired) electrons. The smallest absolute Gasteiger partial charge is 0.353 e. The SMILES string of the molecule is Cc1cccc(CN(O)[C@@]2(O)[C@H](O)[C@@H](CO)O[C@]2(O)n2c(N)c(-c3ccccc3F)cnc2=O)c1. The molecule has 1 aromatic heterocycles. The largest absolute Gasteiger partial charge is 0.394 e. The third kappa shape index (κ3) is 3.90. The zero-order valence-corrected chi connectivity index (χ0v) is 18.6. The van der Waals surface area contributed by atoms with E-state index < -0.39 is 54.3 Å². The lowest BCUT2D eigenvalue weighted by Crippen LogP contribution is -2.68. The molecule has 4 rings (SSSR count). The van der Waals surface area contributed by atoms with E-state index in [9.17, 15) is 34.8 Å². The summed E-state index contributed by atoms with van der Waals surface area (Å²) in [5, 5.41) is 54.6. The van der Waals surface area contributed by atoms with Crippen molar-refractivity contribution >= 4 is 5.82 Å². The number of ether oxygens (including phenoxy) is 1. The van der Waals surface area contributed by atoms with Gasteiger partial charge in [0.2, 0.25) is 5.72 Å². The average molecular weight is 488 g/mol. The fraction of sp³-hybridized carbons (Fsp3) is 0.304. The van der Waals surface area contributed by atoms with Crippen LogP contribution in [0, 0.1) is 12.7 Å². The van der Waals surface area contributed by atoms with E-state index in [1.807, 2.05) is 0 Å². The summed E-state index contributed by atoms with van der Waals surface area (Å²) in [7, 11) is 0. The predicted octanol–water partition coefficient (Wildman–Crippen LogP) is -0.125. The molecule has 0 amide bonds. The predicted molar refractivity (Wildman–Crippen MR) is 120 cm³/mol. The summed E-state index contributed by atoms with van der Waals surface area (Å²) in [4.78, 5) is 16.4. The van der Waals surface area contributed by atoms with Crippen LogP contribution in [0.15, 0.2) is 59.5 Å². The van der Waals surface area contributed by atoms with Crippen LogP contribution in [0.25, 0.3) is 11.1 Å². The second-order valence-electron chi connectivity index (χ2n) is 8.32. The lowest BCUT2D eigenvalue weighted by atomic mass is 9.99. The van der Waals surface area contributed by atoms with Gasteiger partial charge in [0.05, 0.1) is 13.2 Å². The molecule has 1 saturated heterocycles. The number of nitrogens with two attached hydrogens (primary N) is 1. The highest BCUT2D eigenvalue weighted by molar-refractivity contribution is 5.73. The minimum atomic E-state index is -3.26. The number of halogens is 1. The van der Waals surface area contributed by atoms with Crippen LogP contribution in [-0.2, 0) is 17.2 Å². The first-order valence-electron chi connectivity index (χ1n) is 10.6. The number of hydrogen-bond acceptors (Lipinski definition) is 10. The van der Waals surface area contributed by atoms with Gasteiger partial charge in [-0.15, -0.1) is 5.06 Å². The molecule has 0 spiro atoms. The van der Waals surface area contributed by atoms with Crippen LogP contribution in [0.2, 0.25) is 0 Å². The van der Waals surface area contributed by atoms with E-state index in [2.05, 4.69) is 4.98 Å². The standard InChI is InChI=1S/C23H25FN4O7/c1-13-5-4-6-14(9-13)11-27(34)22(32)19(30)18(12-29)35-23(22,33)28-20(25)16(10-26-21(28)31)15-7-2-3-8-17(15)24/h2-10,18-19,29-30,32-34H,11-12,25H2,1H3/t18-,19-,22-,23+/m1/s1. The van der Waals surface area contributed by atoms with Crippen molar-refractivity contribution in [2.75, 3.05) is 12.3 Å². The topological polar surface area (TPSA) is 175 Å². The molecular formula is C23H25FN4O7. The van der Waals surface area contributed by atoms with Gasteiger partial charge in [0.15, 0.2) is 0 Å². The fourth-order valence-electron chi connectivity index (χ4n) is 4.24. The summed E-state index contributed by atoms with van der Waals surface area (Å²) in [6, 6.07) is 12.2. The Hall–Kier alpha value is -3.23. The van der Waals surface area contributed by atoms with Crippen molar-refractivity contribution in [2.45, 2.75) is 37.3 Å². The molecule has 1 aliphatic heterocycles. The lowest BCUT2D eigenvalue weighted by Gasteiger charge is -2.42. The zero-order valence-electron chi connectivity index (χ0n) is 18.6. The molecule has 0 unspecified atom stereocenters. The summed E-state index contributed by atoms with van der Waals surface area (Å²) in [6.45, 7) is 0.457. The lowest BCUT2D eigenvalue weighted by molar-refractivity contribution is -0.413. The van der Waals surface area contributed by atoms with Gasteiger partial charge in [0.25, 0.3) is 0 Å². The Bertz CT molecular complexity index is 1300. The van der Waals surface area contributed by atoms with Crippen LogP contribution in [0.4, 0.5) is 10.2 Å². The summed E-state index contributed by atoms with van der Waals surface area (Å²) < 4.78 is 20.1. The molecule has 3 aromatic rings. The molecule has 2 heterocycles. The van der Waals surface area contributed by atoms with Gasteiger partial charge < -0.3 is 36.1 Å². The molecule has 2 aromatic carbocycles. The third-order valence-corrected chi connectivity index (χ3v) is 6.03. The Morgan fingerprint density at radius 2 is 1.91 bits per heavy atom. The van der Waals surface area contributed by atoms with Gasteiger partial charge in [-0.3, -0.25) is 0 Å². The van der Waals surface area contributed by atoms with Crippen molar-refractivity contribution in [3.05, 3.63) is 82.2 Å². The van der Waals surface area contributed by atoms with Crippen LogP contribution in [-0.4, -0.2) is 64.8 Å². The molecule has 35 heavy (non-hydrogen) atoms.